The number of amides is 1. The second-order valence-corrected chi connectivity index (χ2v) is 7.62. The van der Waals surface area contributed by atoms with Crippen LogP contribution in [0.5, 0.6) is 0 Å². The van der Waals surface area contributed by atoms with Crippen molar-refractivity contribution in [1.29, 1.82) is 0 Å². The maximum absolute atomic E-state index is 12.3. The van der Waals surface area contributed by atoms with Gasteiger partial charge in [0.25, 0.3) is 0 Å². The first-order valence-corrected chi connectivity index (χ1v) is 8.32. The molecule has 21 heavy (non-hydrogen) atoms. The zero-order valence-corrected chi connectivity index (χ0v) is 15.1. The lowest BCUT2D eigenvalue weighted by atomic mass is 9.64. The summed E-state index contributed by atoms with van der Waals surface area (Å²) in [6, 6.07) is 0. The lowest BCUT2D eigenvalue weighted by Crippen LogP contribution is -2.41. The first-order valence-electron chi connectivity index (χ1n) is 7.79. The van der Waals surface area contributed by atoms with Crippen molar-refractivity contribution < 1.29 is 9.53 Å². The largest absolute Gasteiger partial charge is 0.380 e. The molecule has 1 rings (SSSR count). The molecule has 0 heterocycles. The minimum atomic E-state index is -0.0285. The minimum absolute atomic E-state index is 0.0176. The fraction of sp³-hybridized carbons (Fsp3) is 0.824. The van der Waals surface area contributed by atoms with Crippen molar-refractivity contribution in [2.75, 3.05) is 25.6 Å². The van der Waals surface area contributed by atoms with Gasteiger partial charge in [-0.1, -0.05) is 27.7 Å². The van der Waals surface area contributed by atoms with E-state index in [2.05, 4.69) is 34.6 Å². The Morgan fingerprint density at radius 3 is 2.48 bits per heavy atom. The fourth-order valence-corrected chi connectivity index (χ4v) is 3.59. The quantitative estimate of drug-likeness (QED) is 0.543. The lowest BCUT2D eigenvalue weighted by Gasteiger charge is -2.45. The molecular formula is C17H30ClNO2. The van der Waals surface area contributed by atoms with E-state index < -0.39 is 0 Å². The maximum atomic E-state index is 12.3. The Labute approximate surface area is 134 Å². The normalized spacial score (nSPS) is 20.5. The molecule has 0 spiro atoms. The van der Waals surface area contributed by atoms with Crippen LogP contribution in [0.4, 0.5) is 0 Å². The molecule has 0 unspecified atom stereocenters. The van der Waals surface area contributed by atoms with E-state index in [-0.39, 0.29) is 22.6 Å². The Balaban J connectivity index is 3.11. The van der Waals surface area contributed by atoms with Crippen molar-refractivity contribution in [3.8, 4) is 0 Å². The first kappa shape index (κ1) is 18.5. The number of carbonyl (C=O) groups is 1. The highest BCUT2D eigenvalue weighted by Gasteiger charge is 2.39. The van der Waals surface area contributed by atoms with E-state index in [1.165, 1.54) is 5.57 Å². The number of alkyl halides is 1. The van der Waals surface area contributed by atoms with Crippen LogP contribution in [0.2, 0.25) is 0 Å². The molecule has 0 saturated carbocycles. The van der Waals surface area contributed by atoms with Crippen LogP contribution < -0.4 is 0 Å². The Kier molecular flexibility index (Phi) is 6.30. The number of allylic oxidation sites excluding steroid dienone is 2. The van der Waals surface area contributed by atoms with Gasteiger partial charge in [-0.15, -0.1) is 11.6 Å². The number of hydrogen-bond donors (Lipinski definition) is 0. The van der Waals surface area contributed by atoms with Crippen molar-refractivity contribution >= 4 is 17.5 Å². The Bertz CT molecular complexity index is 413. The van der Waals surface area contributed by atoms with Gasteiger partial charge in [-0.25, -0.2) is 0 Å². The predicted molar refractivity (Wildman–Crippen MR) is 88.4 cm³/mol. The van der Waals surface area contributed by atoms with Crippen LogP contribution in [-0.2, 0) is 9.53 Å². The molecule has 0 aliphatic heterocycles. The summed E-state index contributed by atoms with van der Waals surface area (Å²) in [5, 5.41) is 0. The topological polar surface area (TPSA) is 29.5 Å². The van der Waals surface area contributed by atoms with E-state index in [4.69, 9.17) is 16.3 Å². The predicted octanol–water partition coefficient (Wildman–Crippen LogP) is 4.21. The zero-order valence-electron chi connectivity index (χ0n) is 14.4. The third-order valence-corrected chi connectivity index (χ3v) is 4.65. The van der Waals surface area contributed by atoms with Gasteiger partial charge in [-0.2, -0.15) is 0 Å². The summed E-state index contributed by atoms with van der Waals surface area (Å²) < 4.78 is 5.43. The van der Waals surface area contributed by atoms with E-state index in [0.717, 1.165) is 18.5 Å². The van der Waals surface area contributed by atoms with E-state index in [1.807, 2.05) is 11.8 Å². The van der Waals surface area contributed by atoms with Gasteiger partial charge in [0.05, 0.1) is 6.61 Å². The Morgan fingerprint density at radius 2 is 1.95 bits per heavy atom. The van der Waals surface area contributed by atoms with Crippen LogP contribution >= 0.6 is 11.6 Å². The molecule has 0 saturated heterocycles. The third-order valence-electron chi connectivity index (χ3n) is 4.42. The summed E-state index contributed by atoms with van der Waals surface area (Å²) in [6.45, 7) is 15.0. The van der Waals surface area contributed by atoms with Crippen molar-refractivity contribution in [2.45, 2.75) is 54.4 Å². The van der Waals surface area contributed by atoms with Crippen LogP contribution in [0, 0.1) is 10.8 Å². The molecule has 0 aromatic rings. The molecule has 0 fully saturated rings. The molecule has 4 heteroatoms. The van der Waals surface area contributed by atoms with Crippen LogP contribution in [0.25, 0.3) is 0 Å². The van der Waals surface area contributed by atoms with Crippen molar-refractivity contribution in [1.82, 2.24) is 4.90 Å². The van der Waals surface area contributed by atoms with Crippen LogP contribution in [0.15, 0.2) is 11.3 Å². The molecule has 0 aromatic heterocycles. The number of ether oxygens (including phenoxy) is 1. The highest BCUT2D eigenvalue weighted by molar-refractivity contribution is 6.27. The summed E-state index contributed by atoms with van der Waals surface area (Å²) in [6.07, 6.45) is 2.04. The number of rotatable bonds is 6. The molecule has 1 aliphatic carbocycles. The lowest BCUT2D eigenvalue weighted by molar-refractivity contribution is -0.127. The van der Waals surface area contributed by atoms with Gasteiger partial charge in [0.15, 0.2) is 0 Å². The van der Waals surface area contributed by atoms with Gasteiger partial charge < -0.3 is 9.64 Å². The molecule has 0 radical (unpaired) electrons. The Morgan fingerprint density at radius 1 is 1.33 bits per heavy atom. The van der Waals surface area contributed by atoms with E-state index >= 15 is 0 Å². The van der Waals surface area contributed by atoms with E-state index in [0.29, 0.717) is 19.8 Å². The van der Waals surface area contributed by atoms with Crippen molar-refractivity contribution in [2.24, 2.45) is 10.8 Å². The van der Waals surface area contributed by atoms with Crippen molar-refractivity contribution in [3.63, 3.8) is 0 Å². The van der Waals surface area contributed by atoms with Gasteiger partial charge >= 0.3 is 0 Å². The summed E-state index contributed by atoms with van der Waals surface area (Å²) in [5.41, 5.74) is 2.74. The average Bonchev–Trinajstić information content (AvgIpc) is 2.37. The standard InChI is InChI=1S/C17H30ClNO2/c1-7-21-9-8-19(15(20)11-18)14-10-16(3,4)12-17(5,6)13(14)2/h7-12H2,1-6H3. The molecule has 0 aromatic carbocycles. The van der Waals surface area contributed by atoms with Gasteiger partial charge in [-0.05, 0) is 43.1 Å². The number of nitrogens with zero attached hydrogens (tertiary/aromatic N) is 1. The summed E-state index contributed by atoms with van der Waals surface area (Å²) in [5.74, 6) is -0.0109. The van der Waals surface area contributed by atoms with Gasteiger partial charge in [-0.3, -0.25) is 4.79 Å². The molecule has 0 bridgehead atoms. The average molecular weight is 316 g/mol. The van der Waals surface area contributed by atoms with Crippen LogP contribution in [-0.4, -0.2) is 36.4 Å². The molecule has 1 amide bonds. The summed E-state index contributed by atoms with van der Waals surface area (Å²) in [4.78, 5) is 14.1. The van der Waals surface area contributed by atoms with Crippen LogP contribution in [0.1, 0.15) is 54.4 Å². The van der Waals surface area contributed by atoms with Gasteiger partial charge in [0.1, 0.15) is 5.88 Å². The Hall–Kier alpha value is -0.540. The third kappa shape index (κ3) is 4.72. The zero-order chi connectivity index (χ0) is 16.3. The smallest absolute Gasteiger partial charge is 0.241 e. The molecule has 3 nitrogen and oxygen atoms in total. The molecule has 0 N–H and O–H groups in total. The molecule has 122 valence electrons. The number of hydrogen-bond acceptors (Lipinski definition) is 2. The second-order valence-electron chi connectivity index (χ2n) is 7.35. The highest BCUT2D eigenvalue weighted by atomic mass is 35.5. The minimum Gasteiger partial charge on any atom is -0.380 e. The number of carbonyl (C=O) groups excluding carboxylic acids is 1. The van der Waals surface area contributed by atoms with Crippen molar-refractivity contribution in [3.05, 3.63) is 11.3 Å². The molecular weight excluding hydrogens is 286 g/mol. The second kappa shape index (κ2) is 7.15. The van der Waals surface area contributed by atoms with E-state index in [1.54, 1.807) is 0 Å². The van der Waals surface area contributed by atoms with E-state index in [9.17, 15) is 4.79 Å². The molecule has 0 atom stereocenters. The molecule has 1 aliphatic rings. The van der Waals surface area contributed by atoms with Crippen LogP contribution in [0.3, 0.4) is 0 Å². The monoisotopic (exact) mass is 315 g/mol. The highest BCUT2D eigenvalue weighted by Crippen LogP contribution is 2.49. The summed E-state index contributed by atoms with van der Waals surface area (Å²) >= 11 is 5.81. The first-order chi connectivity index (χ1) is 9.64. The number of halogens is 1. The maximum Gasteiger partial charge on any atom is 0.241 e. The fourth-order valence-electron chi connectivity index (χ4n) is 3.45. The van der Waals surface area contributed by atoms with Gasteiger partial charge in [0, 0.05) is 18.8 Å². The SMILES string of the molecule is CCOCCN(C(=O)CCl)C1=C(C)C(C)(C)CC(C)(C)C1. The van der Waals surface area contributed by atoms with Gasteiger partial charge in [0.2, 0.25) is 5.91 Å². The summed E-state index contributed by atoms with van der Waals surface area (Å²) in [7, 11) is 0.